The summed E-state index contributed by atoms with van der Waals surface area (Å²) in [5.41, 5.74) is 7.09. The van der Waals surface area contributed by atoms with Gasteiger partial charge in [-0.15, -0.1) is 0 Å². The maximum atomic E-state index is 13.3. The number of hydrogen-bond acceptors (Lipinski definition) is 11. The Balaban J connectivity index is 0.000000204. The number of ether oxygens (including phenoxy) is 1. The molecule has 2 radical (unpaired) electrons. The molecule has 394 valence electrons. The van der Waals surface area contributed by atoms with E-state index in [9.17, 15) is 31.2 Å². The zero-order valence-corrected chi connectivity index (χ0v) is 49.5. The van der Waals surface area contributed by atoms with Crippen LogP contribution >= 0.6 is 0 Å². The average Bonchev–Trinajstić information content (AvgIpc) is 4.09. The summed E-state index contributed by atoms with van der Waals surface area (Å²) in [6.45, 7) is 15.8. The first-order valence-electron chi connectivity index (χ1n) is 24.7. The number of fused-ring (bicyclic) bond motifs is 2. The van der Waals surface area contributed by atoms with Crippen LogP contribution in [0.1, 0.15) is 112 Å². The summed E-state index contributed by atoms with van der Waals surface area (Å²) in [4.78, 5) is 45.0. The van der Waals surface area contributed by atoms with E-state index in [2.05, 4.69) is 48.0 Å². The van der Waals surface area contributed by atoms with E-state index in [1.165, 1.54) is 32.0 Å². The zero-order valence-electron chi connectivity index (χ0n) is 44.8. The Bertz CT molecular complexity index is 3760. The van der Waals surface area contributed by atoms with Crippen molar-refractivity contribution in [3.05, 3.63) is 131 Å². The van der Waals surface area contributed by atoms with Crippen molar-refractivity contribution in [3.8, 4) is 39.6 Å². The molecule has 2 aliphatic rings. The summed E-state index contributed by atoms with van der Waals surface area (Å²) < 4.78 is 62.0. The van der Waals surface area contributed by atoms with Gasteiger partial charge in [-0.2, -0.15) is 10.2 Å². The molecule has 18 nitrogen and oxygen atoms in total. The molecule has 0 spiro atoms. The number of nitrogens with zero attached hydrogens (tertiary/aromatic N) is 7. The molecule has 0 saturated heterocycles. The Morgan fingerprint density at radius 3 is 1.71 bits per heavy atom. The number of nitrogens with one attached hydrogen (secondary N) is 3. The molecular formula is C54H63N10NaO8S2Si. The molecule has 0 unspecified atom stereocenters. The van der Waals surface area contributed by atoms with Crippen molar-refractivity contribution in [2.24, 2.45) is 0 Å². The number of imidazole rings is 2. The topological polar surface area (TPSA) is 226 Å². The molecule has 2 saturated carbocycles. The second kappa shape index (κ2) is 22.5. The summed E-state index contributed by atoms with van der Waals surface area (Å²) in [6, 6.07) is 15.8. The molecule has 10 rings (SSSR count). The third kappa shape index (κ3) is 12.2. The Hall–Kier alpha value is -6.10. The van der Waals surface area contributed by atoms with Crippen LogP contribution in [0, 0.1) is 13.8 Å². The van der Waals surface area contributed by atoms with Crippen molar-refractivity contribution in [2.45, 2.75) is 132 Å². The molecule has 6 heterocycles. The summed E-state index contributed by atoms with van der Waals surface area (Å²) in [5, 5.41) is 15.0. The number of pyridine rings is 2. The van der Waals surface area contributed by atoms with Gasteiger partial charge in [0.25, 0.3) is 11.8 Å². The van der Waals surface area contributed by atoms with Gasteiger partial charge in [-0.1, -0.05) is 25.5 Å². The fourth-order valence-corrected chi connectivity index (χ4v) is 10.4. The molecular weight excluding hydrogens is 1030 g/mol. The summed E-state index contributed by atoms with van der Waals surface area (Å²) in [5.74, 6) is 1.22. The van der Waals surface area contributed by atoms with E-state index in [1.54, 1.807) is 90.6 Å². The molecule has 0 aliphatic heterocycles. The second-order valence-corrected chi connectivity index (χ2v) is 26.7. The minimum Gasteiger partial charge on any atom is -0.672 e. The summed E-state index contributed by atoms with van der Waals surface area (Å²) >= 11 is 0. The van der Waals surface area contributed by atoms with E-state index in [0.29, 0.717) is 34.1 Å². The largest absolute Gasteiger partial charge is 1.00 e. The Labute approximate surface area is 468 Å². The summed E-state index contributed by atoms with van der Waals surface area (Å²) in [7, 11) is -2.77. The predicted molar refractivity (Wildman–Crippen MR) is 290 cm³/mol. The molecule has 2 fully saturated rings. The SMILES string of the molecule is CCC[Si-].COc1cc2ncc(-n3cc(-c4cc(C(=O)NC5CC5)ccc4C)cn3)n2cc1S(=O)(=O)C(C)(C)C.Cc1ccc(C(=O)NC2CC2)cc1-c1cnn(-c2cn3cc(S(=O)(=O)C(C)(C)C)c(=O)cc3[nH]2)c1.[Na+]. The van der Waals surface area contributed by atoms with Gasteiger partial charge in [-0.25, -0.2) is 37.2 Å². The minimum absolute atomic E-state index is 0. The molecule has 22 heteroatoms. The van der Waals surface area contributed by atoms with E-state index in [4.69, 9.17) is 4.74 Å². The number of aromatic amines is 1. The van der Waals surface area contributed by atoms with Crippen LogP contribution in [0.2, 0.25) is 6.04 Å². The van der Waals surface area contributed by atoms with Crippen LogP contribution in [0.5, 0.6) is 5.75 Å². The Morgan fingerprint density at radius 2 is 1.22 bits per heavy atom. The third-order valence-corrected chi connectivity index (χ3v) is 18.4. The second-order valence-electron chi connectivity index (χ2n) is 20.9. The van der Waals surface area contributed by atoms with Gasteiger partial charge >= 0.3 is 29.6 Å². The quantitative estimate of drug-likeness (QED) is 0.135. The molecule has 0 bridgehead atoms. The first-order chi connectivity index (χ1) is 35.3. The number of carbonyl (C=O) groups excluding carboxylic acids is 2. The molecule has 0 atom stereocenters. The molecule has 2 aromatic carbocycles. The minimum atomic E-state index is -3.81. The molecule has 2 aliphatic carbocycles. The van der Waals surface area contributed by atoms with Crippen molar-refractivity contribution < 1.29 is 60.7 Å². The average molecular weight is 1100 g/mol. The number of H-pyrrole nitrogens is 1. The van der Waals surface area contributed by atoms with E-state index in [1.807, 2.05) is 62.6 Å². The number of sulfone groups is 2. The number of rotatable bonds is 12. The monoisotopic (exact) mass is 1090 g/mol. The third-order valence-electron chi connectivity index (χ3n) is 12.9. The smallest absolute Gasteiger partial charge is 0.672 e. The number of aromatic nitrogens is 8. The fraction of sp³-hybridized carbons (Fsp3) is 0.370. The standard InChI is InChI=1S/C26H29N5O4S.C25H27N5O4S.C3H7Si.Na/c1-16-6-7-17(25(32)29-19-8-9-19)10-20(16)18-12-28-31(14-18)24-13-27-23-11-21(35-5)22(15-30(23)24)36(33,34)26(2,3)4;1-15-5-6-16(24(32)27-18-7-8-18)9-19(15)17-11-26-30(12-17)23-14-29-13-21(20(31)10-22(29)28-23)35(33,34)25(2,3)4;1-2-3-4;/h6-7,10-15,19H,8-9H2,1-5H3,(H,29,32);5-6,9-14,18,28H,7-8H2,1-4H3,(H,27,32);2-3H2,1H3;/q;;-1;+1. The van der Waals surface area contributed by atoms with Gasteiger partial charge in [0.05, 0.1) is 41.4 Å². The number of aryl methyl sites for hydroxylation is 2. The van der Waals surface area contributed by atoms with Gasteiger partial charge in [0.15, 0.2) is 25.5 Å². The first-order valence-corrected chi connectivity index (χ1v) is 28.4. The Kier molecular flexibility index (Phi) is 17.0. The van der Waals surface area contributed by atoms with Crippen molar-refractivity contribution in [3.63, 3.8) is 0 Å². The number of methoxy groups -OCH3 is 1. The van der Waals surface area contributed by atoms with E-state index in [0.717, 1.165) is 65.1 Å². The van der Waals surface area contributed by atoms with Gasteiger partial charge < -0.3 is 35.0 Å². The van der Waals surface area contributed by atoms with E-state index >= 15 is 0 Å². The van der Waals surface area contributed by atoms with Crippen molar-refractivity contribution in [1.29, 1.82) is 0 Å². The van der Waals surface area contributed by atoms with Gasteiger partial charge in [0, 0.05) is 71.3 Å². The molecule has 8 aromatic rings. The van der Waals surface area contributed by atoms with Crippen molar-refractivity contribution >= 4 is 53.0 Å². The molecule has 76 heavy (non-hydrogen) atoms. The molecule has 2 amide bonds. The zero-order chi connectivity index (χ0) is 54.4. The number of amides is 2. The molecule has 3 N–H and O–H groups in total. The van der Waals surface area contributed by atoms with Crippen LogP contribution in [0.15, 0.2) is 113 Å². The summed E-state index contributed by atoms with van der Waals surface area (Å²) in [6.07, 6.45) is 18.6. The number of benzene rings is 2. The Morgan fingerprint density at radius 1 is 0.724 bits per heavy atom. The number of carbonyl (C=O) groups is 2. The normalized spacial score (nSPS) is 13.8. The van der Waals surface area contributed by atoms with Crippen LogP contribution in [0.3, 0.4) is 0 Å². The van der Waals surface area contributed by atoms with Gasteiger partial charge in [0.1, 0.15) is 32.7 Å². The maximum Gasteiger partial charge on any atom is 1.00 e. The van der Waals surface area contributed by atoms with Crippen LogP contribution in [-0.4, -0.2) is 106 Å². The van der Waals surface area contributed by atoms with Gasteiger partial charge in [-0.3, -0.25) is 18.8 Å². The number of hydrogen-bond donors (Lipinski definition) is 3. The van der Waals surface area contributed by atoms with Crippen LogP contribution < -0.4 is 50.4 Å². The van der Waals surface area contributed by atoms with Gasteiger partial charge in [0.2, 0.25) is 5.43 Å². The molecule has 6 aromatic heterocycles. The van der Waals surface area contributed by atoms with Crippen molar-refractivity contribution in [2.75, 3.05) is 7.11 Å². The van der Waals surface area contributed by atoms with Crippen LogP contribution in [0.25, 0.3) is 45.2 Å². The maximum absolute atomic E-state index is 13.3. The van der Waals surface area contributed by atoms with Crippen LogP contribution in [-0.2, 0) is 19.7 Å². The fourth-order valence-electron chi connectivity index (χ4n) is 7.84. The van der Waals surface area contributed by atoms with Gasteiger partial charge in [-0.05, 0) is 128 Å². The predicted octanol–water partition coefficient (Wildman–Crippen LogP) is 5.21. The van der Waals surface area contributed by atoms with Crippen molar-refractivity contribution in [1.82, 2.24) is 49.0 Å². The van der Waals surface area contributed by atoms with E-state index < -0.39 is 34.6 Å². The van der Waals surface area contributed by atoms with Crippen LogP contribution in [0.4, 0.5) is 0 Å². The van der Waals surface area contributed by atoms with E-state index in [-0.39, 0.29) is 69.0 Å². The first kappa shape index (κ1) is 57.6.